The van der Waals surface area contributed by atoms with Crippen LogP contribution in [0.4, 0.5) is 0 Å². The zero-order chi connectivity index (χ0) is 14.0. The minimum Gasteiger partial charge on any atom is -0.324 e. The van der Waals surface area contributed by atoms with Crippen molar-refractivity contribution in [2.75, 3.05) is 0 Å². The molecule has 2 N–H and O–H groups in total. The number of aromatic nitrogens is 3. The van der Waals surface area contributed by atoms with Crippen molar-refractivity contribution in [3.63, 3.8) is 0 Å². The molecule has 108 valence electrons. The van der Waals surface area contributed by atoms with E-state index in [0.717, 1.165) is 22.8 Å². The molecule has 5 heteroatoms. The average molecular weight is 282 g/mol. The molecule has 0 spiro atoms. The van der Waals surface area contributed by atoms with E-state index in [4.69, 9.17) is 5.73 Å². The second-order valence-electron chi connectivity index (χ2n) is 6.07. The summed E-state index contributed by atoms with van der Waals surface area (Å²) in [5.41, 5.74) is 5.74. The third-order valence-electron chi connectivity index (χ3n) is 4.26. The van der Waals surface area contributed by atoms with Gasteiger partial charge in [-0.2, -0.15) is 0 Å². The molecule has 19 heavy (non-hydrogen) atoms. The fraction of sp³-hybridized carbons (Fsp3) is 0.857. The molecular weight excluding hydrogens is 256 g/mol. The van der Waals surface area contributed by atoms with Crippen LogP contribution in [0.1, 0.15) is 58.8 Å². The largest absolute Gasteiger partial charge is 0.324 e. The number of rotatable bonds is 4. The van der Waals surface area contributed by atoms with Gasteiger partial charge in [0.25, 0.3) is 0 Å². The Morgan fingerprint density at radius 3 is 2.58 bits per heavy atom. The molecule has 1 aromatic rings. The van der Waals surface area contributed by atoms with Crippen LogP contribution in [0.3, 0.4) is 0 Å². The van der Waals surface area contributed by atoms with Gasteiger partial charge in [-0.25, -0.2) is 0 Å². The van der Waals surface area contributed by atoms with E-state index in [-0.39, 0.29) is 0 Å². The molecule has 2 rings (SSSR count). The second-order valence-corrected chi connectivity index (χ2v) is 7.34. The summed E-state index contributed by atoms with van der Waals surface area (Å²) >= 11 is 1.90. The molecule has 0 radical (unpaired) electrons. The fourth-order valence-electron chi connectivity index (χ4n) is 2.80. The maximum absolute atomic E-state index is 5.74. The summed E-state index contributed by atoms with van der Waals surface area (Å²) < 4.78 is 2.19. The van der Waals surface area contributed by atoms with Crippen molar-refractivity contribution in [3.8, 4) is 0 Å². The number of thioether (sulfide) groups is 1. The first-order valence-corrected chi connectivity index (χ1v) is 8.21. The van der Waals surface area contributed by atoms with Crippen LogP contribution in [-0.2, 0) is 6.54 Å². The highest BCUT2D eigenvalue weighted by molar-refractivity contribution is 7.99. The van der Waals surface area contributed by atoms with Crippen LogP contribution in [0.15, 0.2) is 5.16 Å². The molecule has 0 amide bonds. The summed E-state index contributed by atoms with van der Waals surface area (Å²) in [5.74, 6) is 2.57. The number of nitrogens with zero attached hydrogens (tertiary/aromatic N) is 3. The van der Waals surface area contributed by atoms with Crippen LogP contribution in [0.25, 0.3) is 0 Å². The molecule has 0 bridgehead atoms. The molecule has 3 atom stereocenters. The highest BCUT2D eigenvalue weighted by Gasteiger charge is 2.27. The van der Waals surface area contributed by atoms with Crippen LogP contribution in [0.5, 0.6) is 0 Å². The smallest absolute Gasteiger partial charge is 0.191 e. The van der Waals surface area contributed by atoms with Gasteiger partial charge < -0.3 is 10.3 Å². The van der Waals surface area contributed by atoms with Gasteiger partial charge in [-0.1, -0.05) is 25.6 Å². The molecule has 1 aliphatic carbocycles. The third kappa shape index (κ3) is 3.31. The highest BCUT2D eigenvalue weighted by atomic mass is 32.2. The molecular formula is C14H26N4S. The topological polar surface area (TPSA) is 56.7 Å². The van der Waals surface area contributed by atoms with E-state index < -0.39 is 0 Å². The molecule has 4 nitrogen and oxygen atoms in total. The molecule has 1 fully saturated rings. The Hall–Kier alpha value is -0.550. The molecule has 0 aromatic carbocycles. The van der Waals surface area contributed by atoms with Crippen molar-refractivity contribution in [3.05, 3.63) is 5.82 Å². The maximum Gasteiger partial charge on any atom is 0.191 e. The normalized spacial score (nSPS) is 28.0. The van der Waals surface area contributed by atoms with Gasteiger partial charge in [0.05, 0.1) is 6.54 Å². The minimum absolute atomic E-state index is 0.371. The predicted molar refractivity (Wildman–Crippen MR) is 80.1 cm³/mol. The van der Waals surface area contributed by atoms with Gasteiger partial charge in [-0.3, -0.25) is 0 Å². The predicted octanol–water partition coefficient (Wildman–Crippen LogP) is 3.23. The van der Waals surface area contributed by atoms with E-state index in [2.05, 4.69) is 42.5 Å². The van der Waals surface area contributed by atoms with Crippen LogP contribution in [-0.4, -0.2) is 20.0 Å². The Morgan fingerprint density at radius 2 is 2.00 bits per heavy atom. The SMILES string of the molecule is CC1CCC(Sc2nnc(CN)n2C(C)C)CC1C. The lowest BCUT2D eigenvalue weighted by Crippen LogP contribution is -2.23. The van der Waals surface area contributed by atoms with E-state index in [1.54, 1.807) is 0 Å². The van der Waals surface area contributed by atoms with Gasteiger partial charge in [0.15, 0.2) is 5.16 Å². The van der Waals surface area contributed by atoms with Crippen molar-refractivity contribution in [1.29, 1.82) is 0 Å². The van der Waals surface area contributed by atoms with Crippen molar-refractivity contribution < 1.29 is 0 Å². The standard InChI is InChI=1S/C14H26N4S/c1-9(2)18-13(8-15)16-17-14(18)19-12-6-5-10(3)11(4)7-12/h9-12H,5-8,15H2,1-4H3. The van der Waals surface area contributed by atoms with Crippen LogP contribution in [0.2, 0.25) is 0 Å². The molecule has 0 aliphatic heterocycles. The van der Waals surface area contributed by atoms with E-state index in [1.165, 1.54) is 19.3 Å². The number of hydrogen-bond acceptors (Lipinski definition) is 4. The summed E-state index contributed by atoms with van der Waals surface area (Å²) in [6, 6.07) is 0.371. The summed E-state index contributed by atoms with van der Waals surface area (Å²) in [5, 5.41) is 10.3. The first-order valence-electron chi connectivity index (χ1n) is 7.33. The minimum atomic E-state index is 0.371. The van der Waals surface area contributed by atoms with Crippen molar-refractivity contribution in [2.24, 2.45) is 17.6 Å². The van der Waals surface area contributed by atoms with Crippen molar-refractivity contribution in [2.45, 2.75) is 70.0 Å². The quantitative estimate of drug-likeness (QED) is 0.921. The molecule has 1 aliphatic rings. The van der Waals surface area contributed by atoms with E-state index in [0.29, 0.717) is 17.8 Å². The summed E-state index contributed by atoms with van der Waals surface area (Å²) in [4.78, 5) is 0. The summed E-state index contributed by atoms with van der Waals surface area (Å²) in [6.07, 6.45) is 3.91. The van der Waals surface area contributed by atoms with Gasteiger partial charge in [0, 0.05) is 11.3 Å². The molecule has 0 saturated heterocycles. The molecule has 1 aromatic heterocycles. The summed E-state index contributed by atoms with van der Waals surface area (Å²) in [7, 11) is 0. The lowest BCUT2D eigenvalue weighted by atomic mass is 9.81. The Kier molecular flexibility index (Phi) is 4.90. The lowest BCUT2D eigenvalue weighted by Gasteiger charge is -2.31. The van der Waals surface area contributed by atoms with Crippen molar-refractivity contribution in [1.82, 2.24) is 14.8 Å². The Bertz CT molecular complexity index is 416. The van der Waals surface area contributed by atoms with Crippen LogP contribution in [0, 0.1) is 11.8 Å². The Balaban J connectivity index is 2.09. The van der Waals surface area contributed by atoms with E-state index in [1.807, 2.05) is 11.8 Å². The van der Waals surface area contributed by atoms with Gasteiger partial charge >= 0.3 is 0 Å². The van der Waals surface area contributed by atoms with Crippen molar-refractivity contribution >= 4 is 11.8 Å². The first kappa shape index (κ1) is 14.9. The zero-order valence-electron chi connectivity index (χ0n) is 12.5. The van der Waals surface area contributed by atoms with E-state index >= 15 is 0 Å². The zero-order valence-corrected chi connectivity index (χ0v) is 13.3. The van der Waals surface area contributed by atoms with Gasteiger partial charge in [0.2, 0.25) is 0 Å². The summed E-state index contributed by atoms with van der Waals surface area (Å²) in [6.45, 7) is 9.53. The fourth-order valence-corrected chi connectivity index (χ4v) is 4.27. The van der Waals surface area contributed by atoms with Gasteiger partial charge in [0.1, 0.15) is 5.82 Å². The molecule has 3 unspecified atom stereocenters. The van der Waals surface area contributed by atoms with E-state index in [9.17, 15) is 0 Å². The highest BCUT2D eigenvalue weighted by Crippen LogP contribution is 2.38. The Labute approximate surface area is 120 Å². The number of nitrogens with two attached hydrogens (primary N) is 1. The monoisotopic (exact) mass is 282 g/mol. The third-order valence-corrected chi connectivity index (χ3v) is 5.51. The lowest BCUT2D eigenvalue weighted by molar-refractivity contribution is 0.283. The Morgan fingerprint density at radius 1 is 1.26 bits per heavy atom. The average Bonchev–Trinajstić information content (AvgIpc) is 2.77. The van der Waals surface area contributed by atoms with Gasteiger partial charge in [-0.15, -0.1) is 10.2 Å². The van der Waals surface area contributed by atoms with Crippen LogP contribution < -0.4 is 5.73 Å². The molecule has 1 saturated carbocycles. The van der Waals surface area contributed by atoms with Crippen LogP contribution >= 0.6 is 11.8 Å². The number of hydrogen-bond donors (Lipinski definition) is 1. The van der Waals surface area contributed by atoms with Gasteiger partial charge in [-0.05, 0) is 44.9 Å². The first-order chi connectivity index (χ1) is 9.02. The maximum atomic E-state index is 5.74. The molecule has 1 heterocycles. The second kappa shape index (κ2) is 6.27.